The Morgan fingerprint density at radius 3 is 2.29 bits per heavy atom. The summed E-state index contributed by atoms with van der Waals surface area (Å²) in [6.07, 6.45) is 3.64. The van der Waals surface area contributed by atoms with Gasteiger partial charge in [-0.3, -0.25) is 4.79 Å². The standard InChI is InChI=1S/C23H38BN5O5/c1-15(27-20(31)32-21(2,3)4)18(30)29-11-10-17(14-29)28(9)19-25-12-16(13-26-19)24-33-22(5,6)23(7,8)34-24/h12-13,15,17H,10-11,14H2,1-9H3,(H,27,31)/t15-,17+/m1/s1. The number of aromatic nitrogens is 2. The second-order valence-corrected chi connectivity index (χ2v) is 11.1. The van der Waals surface area contributed by atoms with Crippen LogP contribution in [0.25, 0.3) is 0 Å². The van der Waals surface area contributed by atoms with Crippen molar-refractivity contribution in [1.29, 1.82) is 0 Å². The molecule has 2 saturated heterocycles. The molecule has 2 amide bonds. The lowest BCUT2D eigenvalue weighted by Gasteiger charge is -2.32. The Bertz CT molecular complexity index is 886. The molecule has 0 spiro atoms. The third-order valence-corrected chi connectivity index (χ3v) is 6.63. The molecular weight excluding hydrogens is 437 g/mol. The number of rotatable bonds is 5. The summed E-state index contributed by atoms with van der Waals surface area (Å²) in [5.41, 5.74) is -0.710. The molecular formula is C23H38BN5O5. The number of nitrogens with zero attached hydrogens (tertiary/aromatic N) is 4. The minimum Gasteiger partial charge on any atom is -0.444 e. The molecule has 0 bridgehead atoms. The van der Waals surface area contributed by atoms with Crippen molar-refractivity contribution in [3.8, 4) is 0 Å². The van der Waals surface area contributed by atoms with Crippen LogP contribution < -0.4 is 15.7 Å². The summed E-state index contributed by atoms with van der Waals surface area (Å²) in [5.74, 6) is 0.429. The molecule has 2 atom stereocenters. The summed E-state index contributed by atoms with van der Waals surface area (Å²) >= 11 is 0. The van der Waals surface area contributed by atoms with E-state index < -0.39 is 36.1 Å². The summed E-state index contributed by atoms with van der Waals surface area (Å²) in [6, 6.07) is -0.602. The van der Waals surface area contributed by atoms with E-state index in [0.717, 1.165) is 11.9 Å². The Morgan fingerprint density at radius 2 is 1.76 bits per heavy atom. The molecule has 11 heteroatoms. The smallest absolute Gasteiger partial charge is 0.444 e. The maximum Gasteiger partial charge on any atom is 0.498 e. The Kier molecular flexibility index (Phi) is 7.20. The number of hydrogen-bond donors (Lipinski definition) is 1. The van der Waals surface area contributed by atoms with Gasteiger partial charge in [-0.05, 0) is 61.8 Å². The van der Waals surface area contributed by atoms with Crippen LogP contribution in [0.5, 0.6) is 0 Å². The van der Waals surface area contributed by atoms with E-state index in [9.17, 15) is 9.59 Å². The van der Waals surface area contributed by atoms with Crippen LogP contribution in [0.4, 0.5) is 10.7 Å². The molecule has 1 N–H and O–H groups in total. The van der Waals surface area contributed by atoms with E-state index >= 15 is 0 Å². The number of alkyl carbamates (subject to hydrolysis) is 1. The maximum atomic E-state index is 12.8. The lowest BCUT2D eigenvalue weighted by atomic mass is 9.81. The van der Waals surface area contributed by atoms with Crippen molar-refractivity contribution in [2.45, 2.75) is 90.7 Å². The van der Waals surface area contributed by atoms with Crippen LogP contribution in [0, 0.1) is 0 Å². The predicted molar refractivity (Wildman–Crippen MR) is 130 cm³/mol. The van der Waals surface area contributed by atoms with Crippen molar-refractivity contribution < 1.29 is 23.6 Å². The van der Waals surface area contributed by atoms with Gasteiger partial charge in [0.05, 0.1) is 17.2 Å². The first-order valence-electron chi connectivity index (χ1n) is 11.8. The number of amides is 2. The van der Waals surface area contributed by atoms with Gasteiger partial charge in [-0.2, -0.15) is 0 Å². The largest absolute Gasteiger partial charge is 0.498 e. The monoisotopic (exact) mass is 475 g/mol. The number of anilines is 1. The fourth-order valence-electron chi connectivity index (χ4n) is 3.86. The number of nitrogens with one attached hydrogen (secondary N) is 1. The zero-order valence-corrected chi connectivity index (χ0v) is 21.8. The molecule has 1 aromatic heterocycles. The summed E-state index contributed by atoms with van der Waals surface area (Å²) in [5, 5.41) is 2.62. The van der Waals surface area contributed by atoms with Crippen molar-refractivity contribution in [3.05, 3.63) is 12.4 Å². The normalized spacial score (nSPS) is 22.4. The van der Waals surface area contributed by atoms with E-state index in [2.05, 4.69) is 15.3 Å². The van der Waals surface area contributed by atoms with Gasteiger partial charge in [0.25, 0.3) is 0 Å². The number of hydrogen-bond acceptors (Lipinski definition) is 8. The Balaban J connectivity index is 1.56. The molecule has 3 rings (SSSR count). The van der Waals surface area contributed by atoms with Crippen LogP contribution >= 0.6 is 0 Å². The highest BCUT2D eigenvalue weighted by molar-refractivity contribution is 6.61. The first-order valence-corrected chi connectivity index (χ1v) is 11.8. The minimum absolute atomic E-state index is 0.0698. The molecule has 2 aliphatic heterocycles. The fourth-order valence-corrected chi connectivity index (χ4v) is 3.86. The molecule has 0 unspecified atom stereocenters. The summed E-state index contributed by atoms with van der Waals surface area (Å²) in [6.45, 7) is 16.2. The van der Waals surface area contributed by atoms with Gasteiger partial charge in [-0.15, -0.1) is 0 Å². The van der Waals surface area contributed by atoms with Crippen LogP contribution in [-0.2, 0) is 18.8 Å². The van der Waals surface area contributed by atoms with E-state index in [1.165, 1.54) is 0 Å². The van der Waals surface area contributed by atoms with E-state index in [-0.39, 0.29) is 11.9 Å². The highest BCUT2D eigenvalue weighted by Gasteiger charge is 2.52. The molecule has 3 heterocycles. The van der Waals surface area contributed by atoms with Gasteiger partial charge in [0.1, 0.15) is 11.6 Å². The topological polar surface area (TPSA) is 106 Å². The van der Waals surface area contributed by atoms with Gasteiger partial charge in [0.15, 0.2) is 0 Å². The molecule has 2 aliphatic rings. The molecule has 10 nitrogen and oxygen atoms in total. The van der Waals surface area contributed by atoms with Gasteiger partial charge in [0, 0.05) is 38.0 Å². The van der Waals surface area contributed by atoms with Crippen molar-refractivity contribution in [3.63, 3.8) is 0 Å². The Hall–Kier alpha value is -2.40. The van der Waals surface area contributed by atoms with Crippen molar-refractivity contribution in [1.82, 2.24) is 20.2 Å². The number of carbonyl (C=O) groups is 2. The highest BCUT2D eigenvalue weighted by atomic mass is 16.7. The summed E-state index contributed by atoms with van der Waals surface area (Å²) in [4.78, 5) is 37.6. The van der Waals surface area contributed by atoms with Gasteiger partial charge >= 0.3 is 13.2 Å². The molecule has 2 fully saturated rings. The number of carbonyl (C=O) groups excluding carboxylic acids is 2. The van der Waals surface area contributed by atoms with Crippen LogP contribution in [-0.4, -0.2) is 83.0 Å². The van der Waals surface area contributed by atoms with Gasteiger partial charge in [0.2, 0.25) is 11.9 Å². The summed E-state index contributed by atoms with van der Waals surface area (Å²) in [7, 11) is 1.41. The predicted octanol–water partition coefficient (Wildman–Crippen LogP) is 1.73. The number of likely N-dealkylation sites (tertiary alicyclic amines) is 1. The fraction of sp³-hybridized carbons (Fsp3) is 0.739. The molecule has 0 radical (unpaired) electrons. The van der Waals surface area contributed by atoms with E-state index in [1.807, 2.05) is 39.6 Å². The molecule has 34 heavy (non-hydrogen) atoms. The van der Waals surface area contributed by atoms with Crippen molar-refractivity contribution >= 4 is 30.5 Å². The number of ether oxygens (including phenoxy) is 1. The van der Waals surface area contributed by atoms with Crippen molar-refractivity contribution in [2.24, 2.45) is 0 Å². The average molecular weight is 475 g/mol. The molecule has 0 saturated carbocycles. The highest BCUT2D eigenvalue weighted by Crippen LogP contribution is 2.36. The van der Waals surface area contributed by atoms with Crippen molar-refractivity contribution in [2.75, 3.05) is 25.0 Å². The molecule has 1 aromatic rings. The van der Waals surface area contributed by atoms with Gasteiger partial charge in [-0.25, -0.2) is 14.8 Å². The van der Waals surface area contributed by atoms with Crippen LogP contribution in [0.1, 0.15) is 61.8 Å². The SMILES string of the molecule is C[C@@H](NC(=O)OC(C)(C)C)C(=O)N1CC[C@H](N(C)c2ncc(B3OC(C)(C)C(C)(C)O3)cn2)C1. The maximum absolute atomic E-state index is 12.8. The molecule has 0 aromatic carbocycles. The first-order chi connectivity index (χ1) is 15.6. The minimum atomic E-state index is -0.672. The second-order valence-electron chi connectivity index (χ2n) is 11.1. The Labute approximate surface area is 202 Å². The zero-order valence-electron chi connectivity index (χ0n) is 21.8. The van der Waals surface area contributed by atoms with E-state index in [0.29, 0.717) is 19.0 Å². The average Bonchev–Trinajstić information content (AvgIpc) is 3.28. The van der Waals surface area contributed by atoms with E-state index in [1.54, 1.807) is 45.0 Å². The first kappa shape index (κ1) is 26.2. The molecule has 188 valence electrons. The second kappa shape index (κ2) is 9.33. The van der Waals surface area contributed by atoms with Crippen LogP contribution in [0.2, 0.25) is 0 Å². The summed E-state index contributed by atoms with van der Waals surface area (Å²) < 4.78 is 17.4. The third-order valence-electron chi connectivity index (χ3n) is 6.63. The van der Waals surface area contributed by atoms with Crippen LogP contribution in [0.3, 0.4) is 0 Å². The number of likely N-dealkylation sites (N-methyl/N-ethyl adjacent to an activating group) is 1. The Morgan fingerprint density at radius 1 is 1.21 bits per heavy atom. The lowest BCUT2D eigenvalue weighted by Crippen LogP contribution is -2.48. The van der Waals surface area contributed by atoms with Crippen LogP contribution in [0.15, 0.2) is 12.4 Å². The molecule has 0 aliphatic carbocycles. The van der Waals surface area contributed by atoms with Gasteiger partial charge < -0.3 is 29.2 Å². The quantitative estimate of drug-likeness (QED) is 0.642. The van der Waals surface area contributed by atoms with E-state index in [4.69, 9.17) is 14.0 Å². The zero-order chi connectivity index (χ0) is 25.5. The van der Waals surface area contributed by atoms with Gasteiger partial charge in [-0.1, -0.05) is 0 Å². The lowest BCUT2D eigenvalue weighted by molar-refractivity contribution is -0.132. The third kappa shape index (κ3) is 5.80.